The molecule has 0 spiro atoms. The standard InChI is InChI=1S/C32H32BrNO2S/c1-31(2,3)21-13-15-29-27(17-21)28-18-22(32(4,5)6)14-16-30(28)34(29)24-10-8-12-26(20-24)37(35,36)25-11-7-9-23(33)19-25/h7-20H,1-6H3. The van der Waals surface area contributed by atoms with Crippen molar-refractivity contribution in [3.05, 3.63) is 101 Å². The van der Waals surface area contributed by atoms with E-state index in [9.17, 15) is 8.42 Å². The van der Waals surface area contributed by atoms with Crippen molar-refractivity contribution in [3.63, 3.8) is 0 Å². The zero-order valence-corrected chi connectivity index (χ0v) is 24.5. The first-order valence-corrected chi connectivity index (χ1v) is 14.7. The highest BCUT2D eigenvalue weighted by Gasteiger charge is 2.22. The van der Waals surface area contributed by atoms with E-state index in [2.05, 4.69) is 98.4 Å². The van der Waals surface area contributed by atoms with Gasteiger partial charge in [0, 0.05) is 20.9 Å². The van der Waals surface area contributed by atoms with Gasteiger partial charge in [0.1, 0.15) is 0 Å². The Hall–Kier alpha value is -2.89. The number of nitrogens with zero attached hydrogens (tertiary/aromatic N) is 1. The molecule has 0 aliphatic rings. The molecule has 0 unspecified atom stereocenters. The minimum Gasteiger partial charge on any atom is -0.309 e. The van der Waals surface area contributed by atoms with Crippen LogP contribution in [0.2, 0.25) is 0 Å². The molecule has 0 radical (unpaired) electrons. The van der Waals surface area contributed by atoms with Crippen molar-refractivity contribution >= 4 is 47.6 Å². The number of sulfone groups is 1. The molecule has 37 heavy (non-hydrogen) atoms. The van der Waals surface area contributed by atoms with Gasteiger partial charge in [0.05, 0.1) is 20.8 Å². The van der Waals surface area contributed by atoms with Gasteiger partial charge < -0.3 is 4.57 Å². The maximum Gasteiger partial charge on any atom is 0.206 e. The zero-order chi connectivity index (χ0) is 26.8. The average Bonchev–Trinajstić information content (AvgIpc) is 3.16. The van der Waals surface area contributed by atoms with Crippen molar-refractivity contribution < 1.29 is 8.42 Å². The Labute approximate surface area is 228 Å². The van der Waals surface area contributed by atoms with Crippen molar-refractivity contribution in [2.24, 2.45) is 0 Å². The van der Waals surface area contributed by atoms with Gasteiger partial charge >= 0.3 is 0 Å². The lowest BCUT2D eigenvalue weighted by Gasteiger charge is -2.19. The van der Waals surface area contributed by atoms with E-state index < -0.39 is 9.84 Å². The number of hydrogen-bond donors (Lipinski definition) is 0. The summed E-state index contributed by atoms with van der Waals surface area (Å²) >= 11 is 3.40. The van der Waals surface area contributed by atoms with Gasteiger partial charge in [-0.25, -0.2) is 8.42 Å². The first-order valence-electron chi connectivity index (χ1n) is 12.5. The molecule has 0 amide bonds. The van der Waals surface area contributed by atoms with Crippen LogP contribution in [0.5, 0.6) is 0 Å². The van der Waals surface area contributed by atoms with E-state index in [0.717, 1.165) is 21.2 Å². The minimum atomic E-state index is -3.68. The minimum absolute atomic E-state index is 0.0161. The van der Waals surface area contributed by atoms with E-state index >= 15 is 0 Å². The lowest BCUT2D eigenvalue weighted by molar-refractivity contribution is 0.590. The van der Waals surface area contributed by atoms with Gasteiger partial charge in [-0.1, -0.05) is 81.7 Å². The second-order valence-electron chi connectivity index (χ2n) is 11.8. The summed E-state index contributed by atoms with van der Waals surface area (Å²) in [5.41, 5.74) is 5.52. The SMILES string of the molecule is CC(C)(C)c1ccc2c(c1)c1cc(C(C)(C)C)ccc1n2-c1cccc(S(=O)(=O)c2cccc(Br)c2)c1. The normalized spacial score (nSPS) is 12.9. The molecule has 0 saturated heterocycles. The fraction of sp³-hybridized carbons (Fsp3) is 0.250. The van der Waals surface area contributed by atoms with Crippen LogP contribution in [-0.4, -0.2) is 13.0 Å². The fourth-order valence-electron chi connectivity index (χ4n) is 4.79. The Bertz CT molecular complexity index is 1700. The Morgan fingerprint density at radius 3 is 1.59 bits per heavy atom. The van der Waals surface area contributed by atoms with Gasteiger partial charge in [0.25, 0.3) is 0 Å². The van der Waals surface area contributed by atoms with Crippen LogP contribution in [0.1, 0.15) is 52.7 Å². The van der Waals surface area contributed by atoms with Crippen LogP contribution in [-0.2, 0) is 20.7 Å². The average molecular weight is 575 g/mol. The zero-order valence-electron chi connectivity index (χ0n) is 22.1. The summed E-state index contributed by atoms with van der Waals surface area (Å²) in [5, 5.41) is 2.35. The fourth-order valence-corrected chi connectivity index (χ4v) is 6.69. The summed E-state index contributed by atoms with van der Waals surface area (Å²) in [6, 6.07) is 27.4. The molecule has 1 aromatic heterocycles. The van der Waals surface area contributed by atoms with E-state index in [1.54, 1.807) is 30.3 Å². The van der Waals surface area contributed by atoms with E-state index in [1.807, 2.05) is 18.2 Å². The second-order valence-corrected chi connectivity index (χ2v) is 14.6. The molecule has 0 aliphatic heterocycles. The van der Waals surface area contributed by atoms with Gasteiger partial charge in [0.15, 0.2) is 0 Å². The van der Waals surface area contributed by atoms with E-state index in [0.29, 0.717) is 0 Å². The van der Waals surface area contributed by atoms with Gasteiger partial charge in [-0.15, -0.1) is 0 Å². The van der Waals surface area contributed by atoms with Crippen molar-refractivity contribution in [1.82, 2.24) is 4.57 Å². The lowest BCUT2D eigenvalue weighted by atomic mass is 9.85. The predicted octanol–water partition coefficient (Wildman–Crippen LogP) is 8.97. The number of benzene rings is 4. The molecule has 5 aromatic rings. The van der Waals surface area contributed by atoms with Crippen molar-refractivity contribution in [2.75, 3.05) is 0 Å². The number of halogens is 1. The number of hydrogen-bond acceptors (Lipinski definition) is 2. The third kappa shape index (κ3) is 4.64. The molecule has 3 nitrogen and oxygen atoms in total. The first kappa shape index (κ1) is 25.7. The molecule has 0 fully saturated rings. The summed E-state index contributed by atoms with van der Waals surface area (Å²) in [5.74, 6) is 0. The summed E-state index contributed by atoms with van der Waals surface area (Å²) in [6.45, 7) is 13.4. The highest BCUT2D eigenvalue weighted by molar-refractivity contribution is 9.10. The Morgan fingerprint density at radius 1 is 0.622 bits per heavy atom. The van der Waals surface area contributed by atoms with Gasteiger partial charge in [-0.3, -0.25) is 0 Å². The molecule has 4 aromatic carbocycles. The van der Waals surface area contributed by atoms with E-state index in [1.165, 1.54) is 21.9 Å². The lowest BCUT2D eigenvalue weighted by Crippen LogP contribution is -2.10. The highest BCUT2D eigenvalue weighted by atomic mass is 79.9. The van der Waals surface area contributed by atoms with Crippen molar-refractivity contribution in [3.8, 4) is 5.69 Å². The third-order valence-corrected chi connectivity index (χ3v) is 9.23. The molecular weight excluding hydrogens is 542 g/mol. The molecule has 0 N–H and O–H groups in total. The summed E-state index contributed by atoms with van der Waals surface area (Å²) < 4.78 is 29.9. The van der Waals surface area contributed by atoms with Crippen LogP contribution in [0.15, 0.2) is 99.2 Å². The second kappa shape index (κ2) is 8.85. The Morgan fingerprint density at radius 2 is 1.11 bits per heavy atom. The molecule has 5 heteroatoms. The molecule has 0 bridgehead atoms. The van der Waals surface area contributed by atoms with E-state index in [-0.39, 0.29) is 20.6 Å². The first-order chi connectivity index (χ1) is 17.3. The topological polar surface area (TPSA) is 39.1 Å². The number of fused-ring (bicyclic) bond motifs is 3. The van der Waals surface area contributed by atoms with Crippen LogP contribution >= 0.6 is 15.9 Å². The van der Waals surface area contributed by atoms with E-state index in [4.69, 9.17) is 0 Å². The molecule has 0 saturated carbocycles. The molecule has 190 valence electrons. The Balaban J connectivity index is 1.79. The van der Waals surface area contributed by atoms with Crippen LogP contribution in [0.25, 0.3) is 27.5 Å². The van der Waals surface area contributed by atoms with Crippen LogP contribution < -0.4 is 0 Å². The van der Waals surface area contributed by atoms with Gasteiger partial charge in [-0.05, 0) is 82.6 Å². The smallest absolute Gasteiger partial charge is 0.206 e. The third-order valence-electron chi connectivity index (χ3n) is 6.99. The molecule has 0 atom stereocenters. The maximum absolute atomic E-state index is 13.5. The highest BCUT2D eigenvalue weighted by Crippen LogP contribution is 2.38. The predicted molar refractivity (Wildman–Crippen MR) is 158 cm³/mol. The maximum atomic E-state index is 13.5. The van der Waals surface area contributed by atoms with Crippen molar-refractivity contribution in [1.29, 1.82) is 0 Å². The summed E-state index contributed by atoms with van der Waals surface area (Å²) in [7, 11) is -3.68. The summed E-state index contributed by atoms with van der Waals surface area (Å²) in [4.78, 5) is 0.543. The molecule has 0 aliphatic carbocycles. The quantitative estimate of drug-likeness (QED) is 0.216. The monoisotopic (exact) mass is 573 g/mol. The van der Waals surface area contributed by atoms with Gasteiger partial charge in [-0.2, -0.15) is 0 Å². The molecule has 5 rings (SSSR count). The van der Waals surface area contributed by atoms with Crippen LogP contribution in [0.4, 0.5) is 0 Å². The van der Waals surface area contributed by atoms with Crippen LogP contribution in [0, 0.1) is 0 Å². The van der Waals surface area contributed by atoms with Crippen molar-refractivity contribution in [2.45, 2.75) is 62.2 Å². The largest absolute Gasteiger partial charge is 0.309 e. The summed E-state index contributed by atoms with van der Waals surface area (Å²) in [6.07, 6.45) is 0. The van der Waals surface area contributed by atoms with Crippen LogP contribution in [0.3, 0.4) is 0 Å². The van der Waals surface area contributed by atoms with Gasteiger partial charge in [0.2, 0.25) is 9.84 Å². The molecule has 1 heterocycles. The number of aromatic nitrogens is 1. The Kier molecular flexibility index (Phi) is 6.16. The number of rotatable bonds is 3. The molecular formula is C32H32BrNO2S.